The number of amides is 1. The van der Waals surface area contributed by atoms with Crippen LogP contribution in [0.5, 0.6) is 0 Å². The first kappa shape index (κ1) is 22.2. The van der Waals surface area contributed by atoms with Crippen molar-refractivity contribution in [2.24, 2.45) is 4.99 Å². The molecule has 8 heteroatoms. The molecular formula is C22H30ClN5O2. The second-order valence-corrected chi connectivity index (χ2v) is 8.13. The van der Waals surface area contributed by atoms with Gasteiger partial charge in [-0.25, -0.2) is 0 Å². The number of aryl methyl sites for hydroxylation is 2. The molecule has 0 bridgehead atoms. The molecule has 1 aromatic heterocycles. The number of aromatic nitrogens is 1. The maximum atomic E-state index is 12.8. The van der Waals surface area contributed by atoms with Crippen molar-refractivity contribution in [1.82, 2.24) is 20.3 Å². The number of piperazine rings is 1. The van der Waals surface area contributed by atoms with Crippen LogP contribution in [-0.2, 0) is 11.3 Å². The fraction of sp³-hybridized carbons (Fsp3) is 0.500. The summed E-state index contributed by atoms with van der Waals surface area (Å²) in [7, 11) is 0. The third-order valence-corrected chi connectivity index (χ3v) is 5.59. The van der Waals surface area contributed by atoms with E-state index < -0.39 is 0 Å². The molecule has 1 atom stereocenters. The van der Waals surface area contributed by atoms with E-state index >= 15 is 0 Å². The molecule has 3 rings (SSSR count). The van der Waals surface area contributed by atoms with Crippen LogP contribution in [0, 0.1) is 13.8 Å². The number of benzene rings is 1. The molecule has 0 radical (unpaired) electrons. The summed E-state index contributed by atoms with van der Waals surface area (Å²) in [6.07, 6.45) is 0. The molecule has 0 saturated carbocycles. The summed E-state index contributed by atoms with van der Waals surface area (Å²) in [5.41, 5.74) is 3.10. The van der Waals surface area contributed by atoms with Crippen LogP contribution in [0.15, 0.2) is 33.8 Å². The van der Waals surface area contributed by atoms with Crippen molar-refractivity contribution >= 4 is 23.5 Å². The van der Waals surface area contributed by atoms with Gasteiger partial charge in [0.15, 0.2) is 5.96 Å². The Morgan fingerprint density at radius 3 is 2.63 bits per heavy atom. The number of hydrogen-bond donors (Lipinski definition) is 1. The van der Waals surface area contributed by atoms with Gasteiger partial charge in [-0.1, -0.05) is 35.8 Å². The summed E-state index contributed by atoms with van der Waals surface area (Å²) in [4.78, 5) is 21.5. The van der Waals surface area contributed by atoms with Gasteiger partial charge in [0.2, 0.25) is 5.91 Å². The van der Waals surface area contributed by atoms with Crippen molar-refractivity contribution in [1.29, 1.82) is 0 Å². The lowest BCUT2D eigenvalue weighted by Gasteiger charge is -2.36. The highest BCUT2D eigenvalue weighted by molar-refractivity contribution is 6.30. The number of hydrogen-bond acceptors (Lipinski definition) is 4. The van der Waals surface area contributed by atoms with Gasteiger partial charge in [0.1, 0.15) is 5.76 Å². The molecule has 30 heavy (non-hydrogen) atoms. The minimum Gasteiger partial charge on any atom is -0.361 e. The lowest BCUT2D eigenvalue weighted by Crippen LogP contribution is -2.55. The van der Waals surface area contributed by atoms with E-state index in [-0.39, 0.29) is 11.8 Å². The van der Waals surface area contributed by atoms with Gasteiger partial charge in [0.25, 0.3) is 0 Å². The van der Waals surface area contributed by atoms with E-state index in [0.717, 1.165) is 41.6 Å². The molecule has 0 spiro atoms. The van der Waals surface area contributed by atoms with E-state index in [4.69, 9.17) is 21.1 Å². The van der Waals surface area contributed by atoms with E-state index in [1.165, 1.54) is 0 Å². The molecule has 1 N–H and O–H groups in total. The van der Waals surface area contributed by atoms with E-state index in [0.29, 0.717) is 31.2 Å². The van der Waals surface area contributed by atoms with Crippen LogP contribution in [0.3, 0.4) is 0 Å². The highest BCUT2D eigenvalue weighted by Gasteiger charge is 2.26. The molecule has 1 fully saturated rings. The molecule has 1 unspecified atom stereocenters. The molecule has 1 saturated heterocycles. The lowest BCUT2D eigenvalue weighted by molar-refractivity contribution is -0.135. The van der Waals surface area contributed by atoms with Gasteiger partial charge in [0.05, 0.1) is 12.2 Å². The molecule has 0 aliphatic carbocycles. The Morgan fingerprint density at radius 1 is 1.30 bits per heavy atom. The topological polar surface area (TPSA) is 74.0 Å². The third-order valence-electron chi connectivity index (χ3n) is 5.34. The fourth-order valence-electron chi connectivity index (χ4n) is 3.80. The van der Waals surface area contributed by atoms with Crippen LogP contribution in [0.1, 0.15) is 42.3 Å². The van der Waals surface area contributed by atoms with E-state index in [1.807, 2.05) is 54.8 Å². The summed E-state index contributed by atoms with van der Waals surface area (Å²) in [5, 5.41) is 8.07. The van der Waals surface area contributed by atoms with Gasteiger partial charge in [-0.3, -0.25) is 9.79 Å². The quantitative estimate of drug-likeness (QED) is 0.560. The Balaban J connectivity index is 1.63. The van der Waals surface area contributed by atoms with Crippen molar-refractivity contribution in [3.8, 4) is 0 Å². The van der Waals surface area contributed by atoms with Crippen molar-refractivity contribution in [3.05, 3.63) is 51.9 Å². The number of carbonyl (C=O) groups excluding carboxylic acids is 1. The van der Waals surface area contributed by atoms with Crippen LogP contribution in [0.2, 0.25) is 5.02 Å². The summed E-state index contributed by atoms with van der Waals surface area (Å²) < 4.78 is 5.29. The third kappa shape index (κ3) is 5.33. The van der Waals surface area contributed by atoms with Gasteiger partial charge in [0, 0.05) is 49.2 Å². The molecule has 2 aromatic rings. The summed E-state index contributed by atoms with van der Waals surface area (Å²) in [6, 6.07) is 7.63. The Bertz CT molecular complexity index is 874. The molecule has 162 valence electrons. The largest absolute Gasteiger partial charge is 0.361 e. The maximum Gasteiger partial charge on any atom is 0.242 e. The zero-order chi connectivity index (χ0) is 21.7. The van der Waals surface area contributed by atoms with E-state index in [2.05, 4.69) is 17.4 Å². The summed E-state index contributed by atoms with van der Waals surface area (Å²) >= 11 is 5.95. The van der Waals surface area contributed by atoms with Gasteiger partial charge in [-0.2, -0.15) is 0 Å². The zero-order valence-corrected chi connectivity index (χ0v) is 18.9. The van der Waals surface area contributed by atoms with Crippen LogP contribution in [0.25, 0.3) is 0 Å². The minimum atomic E-state index is 0.0978. The summed E-state index contributed by atoms with van der Waals surface area (Å²) in [6.45, 7) is 11.7. The first-order chi connectivity index (χ1) is 14.4. The maximum absolute atomic E-state index is 12.8. The van der Waals surface area contributed by atoms with Crippen LogP contribution in [-0.4, -0.2) is 59.5 Å². The predicted molar refractivity (Wildman–Crippen MR) is 119 cm³/mol. The van der Waals surface area contributed by atoms with E-state index in [1.54, 1.807) is 0 Å². The normalized spacial score (nSPS) is 16.2. The van der Waals surface area contributed by atoms with Crippen LogP contribution < -0.4 is 5.32 Å². The van der Waals surface area contributed by atoms with Gasteiger partial charge in [-0.15, -0.1) is 0 Å². The van der Waals surface area contributed by atoms with Crippen LogP contribution in [0.4, 0.5) is 0 Å². The van der Waals surface area contributed by atoms with Crippen LogP contribution >= 0.6 is 11.6 Å². The molecule has 7 nitrogen and oxygen atoms in total. The molecule has 1 aliphatic heterocycles. The number of halogens is 1. The van der Waals surface area contributed by atoms with Gasteiger partial charge >= 0.3 is 0 Å². The Morgan fingerprint density at radius 2 is 2.03 bits per heavy atom. The SMILES string of the molecule is CCNC(=NCC(C)c1c(C)noc1C)N1CCN(Cc2ccc(Cl)cc2)C(=O)C1. The average Bonchev–Trinajstić information content (AvgIpc) is 3.06. The molecule has 1 amide bonds. The second kappa shape index (κ2) is 9.98. The number of nitrogens with zero attached hydrogens (tertiary/aromatic N) is 4. The predicted octanol–water partition coefficient (Wildman–Crippen LogP) is 3.36. The zero-order valence-electron chi connectivity index (χ0n) is 18.1. The lowest BCUT2D eigenvalue weighted by atomic mass is 10.00. The molecular weight excluding hydrogens is 402 g/mol. The van der Waals surface area contributed by atoms with Crippen molar-refractivity contribution in [2.75, 3.05) is 32.7 Å². The van der Waals surface area contributed by atoms with Crippen molar-refractivity contribution in [3.63, 3.8) is 0 Å². The molecule has 2 heterocycles. The number of nitrogens with one attached hydrogen (secondary N) is 1. The second-order valence-electron chi connectivity index (χ2n) is 7.70. The Labute approximate surface area is 183 Å². The Kier molecular flexibility index (Phi) is 7.37. The minimum absolute atomic E-state index is 0.0978. The monoisotopic (exact) mass is 431 g/mol. The van der Waals surface area contributed by atoms with Gasteiger partial charge < -0.3 is 19.6 Å². The average molecular weight is 432 g/mol. The fourth-order valence-corrected chi connectivity index (χ4v) is 3.93. The highest BCUT2D eigenvalue weighted by Crippen LogP contribution is 2.23. The standard InChI is InChI=1S/C22H30ClN5O2/c1-5-24-22(25-12-15(2)21-16(3)26-30-17(21)4)28-11-10-27(20(29)14-28)13-18-6-8-19(23)9-7-18/h6-9,15H,5,10-14H2,1-4H3,(H,24,25). The number of rotatable bonds is 6. The van der Waals surface area contributed by atoms with E-state index in [9.17, 15) is 4.79 Å². The van der Waals surface area contributed by atoms with Crippen molar-refractivity contribution in [2.45, 2.75) is 40.2 Å². The van der Waals surface area contributed by atoms with Crippen molar-refractivity contribution < 1.29 is 9.32 Å². The number of guanidine groups is 1. The number of carbonyl (C=O) groups is 1. The molecule has 1 aliphatic rings. The molecule has 1 aromatic carbocycles. The smallest absolute Gasteiger partial charge is 0.242 e. The summed E-state index contributed by atoms with van der Waals surface area (Å²) in [5.74, 6) is 1.90. The Hall–Kier alpha value is -2.54. The highest BCUT2D eigenvalue weighted by atomic mass is 35.5. The number of aliphatic imine (C=N–C) groups is 1. The first-order valence-electron chi connectivity index (χ1n) is 10.4. The van der Waals surface area contributed by atoms with Gasteiger partial charge in [-0.05, 0) is 38.5 Å². The first-order valence-corrected chi connectivity index (χ1v) is 10.7.